The van der Waals surface area contributed by atoms with E-state index in [1.807, 2.05) is 0 Å². The normalized spacial score (nSPS) is 13.7. The first-order valence-electron chi connectivity index (χ1n) is 24.2. The monoisotopic (exact) mass is 860 g/mol. The lowest BCUT2D eigenvalue weighted by molar-refractivity contribution is -0.161. The average molecular weight is 860 g/mol. The molecule has 0 aromatic rings. The molecule has 0 bridgehead atoms. The zero-order chi connectivity index (χ0) is 43.5. The fourth-order valence-corrected chi connectivity index (χ4v) is 7.72. The van der Waals surface area contributed by atoms with E-state index in [1.54, 1.807) is 0 Å². The van der Waals surface area contributed by atoms with E-state index in [2.05, 4.69) is 30.5 Å². The van der Waals surface area contributed by atoms with Crippen molar-refractivity contribution < 1.29 is 47.5 Å². The number of hydrogen-bond acceptors (Lipinski definition) is 9. The van der Waals surface area contributed by atoms with Crippen molar-refractivity contribution in [2.24, 2.45) is 5.73 Å². The zero-order valence-electron chi connectivity index (χ0n) is 37.9. The lowest BCUT2D eigenvalue weighted by Crippen LogP contribution is -2.34. The summed E-state index contributed by atoms with van der Waals surface area (Å²) in [5.74, 6) is -2.39. The molecular weight excluding hydrogens is 769 g/mol. The number of rotatable bonds is 46. The van der Waals surface area contributed by atoms with E-state index in [-0.39, 0.29) is 19.4 Å². The van der Waals surface area contributed by atoms with Crippen molar-refractivity contribution >= 4 is 25.7 Å². The molecule has 0 fully saturated rings. The highest BCUT2D eigenvalue weighted by atomic mass is 31.2. The summed E-state index contributed by atoms with van der Waals surface area (Å²) in [5, 5.41) is 8.90. The number of carboxylic acid groups (broad SMARTS) is 1. The summed E-state index contributed by atoms with van der Waals surface area (Å²) in [4.78, 5) is 46.0. The summed E-state index contributed by atoms with van der Waals surface area (Å²) in [5.41, 5.74) is 5.34. The summed E-state index contributed by atoms with van der Waals surface area (Å²) >= 11 is 0. The molecule has 0 amide bonds. The third-order valence-corrected chi connectivity index (χ3v) is 11.7. The fraction of sp³-hybridized carbons (Fsp3) is 0.894. The molecule has 0 aliphatic heterocycles. The van der Waals surface area contributed by atoms with E-state index in [9.17, 15) is 23.8 Å². The van der Waals surface area contributed by atoms with Gasteiger partial charge in [0.2, 0.25) is 0 Å². The Kier molecular flexibility index (Phi) is 41.6. The number of carbonyl (C=O) groups excluding carboxylic acids is 2. The first kappa shape index (κ1) is 57.2. The Hall–Kier alpha value is -1.78. The lowest BCUT2D eigenvalue weighted by atomic mass is 10.0. The van der Waals surface area contributed by atoms with Crippen LogP contribution in [-0.4, -0.2) is 59.9 Å². The predicted molar refractivity (Wildman–Crippen MR) is 240 cm³/mol. The quantitative estimate of drug-likeness (QED) is 0.0230. The maximum absolute atomic E-state index is 12.7. The molecule has 4 N–H and O–H groups in total. The average Bonchev–Trinajstić information content (AvgIpc) is 3.21. The van der Waals surface area contributed by atoms with E-state index in [0.29, 0.717) is 12.8 Å². The van der Waals surface area contributed by atoms with Gasteiger partial charge < -0.3 is 25.2 Å². The van der Waals surface area contributed by atoms with Gasteiger partial charge in [-0.2, -0.15) is 0 Å². The maximum Gasteiger partial charge on any atom is 0.472 e. The van der Waals surface area contributed by atoms with E-state index < -0.39 is 51.1 Å². The molecule has 0 aromatic heterocycles. The van der Waals surface area contributed by atoms with Crippen molar-refractivity contribution in [3.05, 3.63) is 12.2 Å². The van der Waals surface area contributed by atoms with Crippen molar-refractivity contribution in [1.29, 1.82) is 0 Å². The van der Waals surface area contributed by atoms with E-state index in [1.165, 1.54) is 161 Å². The van der Waals surface area contributed by atoms with Crippen LogP contribution in [0.4, 0.5) is 0 Å². The van der Waals surface area contributed by atoms with Gasteiger partial charge in [0.15, 0.2) is 6.10 Å². The molecular formula is C47H90NO10P. The number of hydrogen-bond donors (Lipinski definition) is 3. The standard InChI is InChI=1S/C47H90NO10P/c1-3-5-7-9-11-13-15-17-19-20-21-22-23-25-27-29-31-33-35-37-39-46(50)58-43(41-56-59(53,54)57-42-44(48)47(51)52)40-55-45(49)38-36-34-32-30-28-26-24-18-16-14-12-10-8-6-4-2/h28,30,43-44H,3-27,29,31-42,48H2,1-2H3,(H,51,52)(H,53,54)/b30-28+/t43-,44+/m1/s1. The zero-order valence-corrected chi connectivity index (χ0v) is 38.8. The number of unbranched alkanes of at least 4 members (excludes halogenated alkanes) is 30. The number of phosphoric ester groups is 1. The molecule has 0 saturated carbocycles. The Labute approximate surface area is 360 Å². The van der Waals surface area contributed by atoms with Gasteiger partial charge in [-0.05, 0) is 38.5 Å². The maximum atomic E-state index is 12.7. The van der Waals surface area contributed by atoms with Gasteiger partial charge in [-0.1, -0.05) is 199 Å². The Balaban J connectivity index is 4.26. The van der Waals surface area contributed by atoms with Gasteiger partial charge in [0.1, 0.15) is 12.6 Å². The number of phosphoric acid groups is 1. The van der Waals surface area contributed by atoms with E-state index >= 15 is 0 Å². The number of ether oxygens (including phenoxy) is 2. The molecule has 11 nitrogen and oxygen atoms in total. The first-order chi connectivity index (χ1) is 28.6. The molecule has 0 aliphatic rings. The molecule has 12 heteroatoms. The van der Waals surface area contributed by atoms with Crippen LogP contribution in [0.3, 0.4) is 0 Å². The molecule has 0 radical (unpaired) electrons. The van der Waals surface area contributed by atoms with Crippen molar-refractivity contribution in [3.8, 4) is 0 Å². The molecule has 348 valence electrons. The third-order valence-electron chi connectivity index (χ3n) is 10.8. The van der Waals surface area contributed by atoms with Crippen molar-refractivity contribution in [1.82, 2.24) is 0 Å². The topological polar surface area (TPSA) is 172 Å². The molecule has 3 atom stereocenters. The molecule has 0 heterocycles. The third kappa shape index (κ3) is 42.7. The summed E-state index contributed by atoms with van der Waals surface area (Å²) in [6.07, 6.45) is 44.2. The van der Waals surface area contributed by atoms with Crippen LogP contribution in [0.25, 0.3) is 0 Å². The van der Waals surface area contributed by atoms with Crippen LogP contribution in [0.15, 0.2) is 12.2 Å². The van der Waals surface area contributed by atoms with Crippen molar-refractivity contribution in [2.45, 2.75) is 251 Å². The highest BCUT2D eigenvalue weighted by Crippen LogP contribution is 2.43. The molecule has 0 aromatic carbocycles. The Morgan fingerprint density at radius 3 is 1.27 bits per heavy atom. The summed E-state index contributed by atoms with van der Waals surface area (Å²) < 4.78 is 32.8. The fourth-order valence-electron chi connectivity index (χ4n) is 6.94. The largest absolute Gasteiger partial charge is 0.480 e. The van der Waals surface area contributed by atoms with Crippen LogP contribution in [0.1, 0.15) is 239 Å². The first-order valence-corrected chi connectivity index (χ1v) is 25.7. The van der Waals surface area contributed by atoms with Crippen molar-refractivity contribution in [2.75, 3.05) is 19.8 Å². The second-order valence-corrected chi connectivity index (χ2v) is 18.1. The number of esters is 2. The molecule has 59 heavy (non-hydrogen) atoms. The lowest BCUT2D eigenvalue weighted by Gasteiger charge is -2.20. The molecule has 0 spiro atoms. The number of carbonyl (C=O) groups is 3. The van der Waals surface area contributed by atoms with Gasteiger partial charge >= 0.3 is 25.7 Å². The van der Waals surface area contributed by atoms with Crippen LogP contribution >= 0.6 is 7.82 Å². The second kappa shape index (κ2) is 42.9. The number of carboxylic acids is 1. The predicted octanol–water partition coefficient (Wildman–Crippen LogP) is 13.2. The van der Waals surface area contributed by atoms with E-state index in [0.717, 1.165) is 38.5 Å². The van der Waals surface area contributed by atoms with Crippen LogP contribution in [0, 0.1) is 0 Å². The van der Waals surface area contributed by atoms with Gasteiger partial charge in [-0.15, -0.1) is 0 Å². The minimum Gasteiger partial charge on any atom is -0.480 e. The summed E-state index contributed by atoms with van der Waals surface area (Å²) in [6, 6.07) is -1.52. The number of aliphatic carboxylic acids is 1. The molecule has 0 saturated heterocycles. The Morgan fingerprint density at radius 1 is 0.508 bits per heavy atom. The smallest absolute Gasteiger partial charge is 0.472 e. The van der Waals surface area contributed by atoms with Crippen LogP contribution in [0.2, 0.25) is 0 Å². The van der Waals surface area contributed by atoms with Crippen LogP contribution in [-0.2, 0) is 37.5 Å². The van der Waals surface area contributed by atoms with Gasteiger partial charge in [0.05, 0.1) is 13.2 Å². The molecule has 0 aliphatic carbocycles. The Bertz CT molecular complexity index is 1060. The van der Waals surface area contributed by atoms with Gasteiger partial charge in [-0.25, -0.2) is 4.57 Å². The summed E-state index contributed by atoms with van der Waals surface area (Å²) in [6.45, 7) is 2.82. The second-order valence-electron chi connectivity index (χ2n) is 16.6. The number of nitrogens with two attached hydrogens (primary N) is 1. The molecule has 1 unspecified atom stereocenters. The highest BCUT2D eigenvalue weighted by Gasteiger charge is 2.28. The van der Waals surface area contributed by atoms with Crippen LogP contribution in [0.5, 0.6) is 0 Å². The van der Waals surface area contributed by atoms with E-state index in [4.69, 9.17) is 24.8 Å². The Morgan fingerprint density at radius 2 is 0.847 bits per heavy atom. The van der Waals surface area contributed by atoms with Crippen LogP contribution < -0.4 is 5.73 Å². The minimum atomic E-state index is -4.72. The molecule has 0 rings (SSSR count). The van der Waals surface area contributed by atoms with Gasteiger partial charge in [0, 0.05) is 12.8 Å². The summed E-state index contributed by atoms with van der Waals surface area (Å²) in [7, 11) is -4.72. The highest BCUT2D eigenvalue weighted by molar-refractivity contribution is 7.47. The number of allylic oxidation sites excluding steroid dienone is 2. The minimum absolute atomic E-state index is 0.163. The SMILES string of the molecule is CCCCCCCCCCC/C=C/CCCCC(=O)OC[C@H](COP(=O)(O)OC[C@H](N)C(=O)O)OC(=O)CCCCCCCCCCCCCCCCCCCCCC. The van der Waals surface area contributed by atoms with Gasteiger partial charge in [-0.3, -0.25) is 23.4 Å². The van der Waals surface area contributed by atoms with Crippen molar-refractivity contribution in [3.63, 3.8) is 0 Å². The van der Waals surface area contributed by atoms with Gasteiger partial charge in [0.25, 0.3) is 0 Å².